The van der Waals surface area contributed by atoms with Crippen LogP contribution in [0.3, 0.4) is 0 Å². The minimum atomic E-state index is -0.214. The van der Waals surface area contributed by atoms with Crippen molar-refractivity contribution in [3.8, 4) is 0 Å². The van der Waals surface area contributed by atoms with Crippen LogP contribution in [0.4, 0.5) is 10.5 Å². The van der Waals surface area contributed by atoms with Crippen molar-refractivity contribution in [3.05, 3.63) is 30.3 Å². The smallest absolute Gasteiger partial charge is 0.321 e. The van der Waals surface area contributed by atoms with Crippen LogP contribution in [-0.4, -0.2) is 60.5 Å². The minimum Gasteiger partial charge on any atom is -0.466 e. The molecule has 1 aromatic rings. The molecule has 2 heterocycles. The average Bonchev–Trinajstić information content (AvgIpc) is 2.74. The van der Waals surface area contributed by atoms with Crippen molar-refractivity contribution in [2.75, 3.05) is 38.1 Å². The number of esters is 1. The summed E-state index contributed by atoms with van der Waals surface area (Å²) in [5.41, 5.74) is 0.768. The zero-order valence-electron chi connectivity index (χ0n) is 16.4. The van der Waals surface area contributed by atoms with Crippen molar-refractivity contribution in [1.82, 2.24) is 9.80 Å². The molecular weight excluding hydrogens is 358 g/mol. The lowest BCUT2D eigenvalue weighted by Crippen LogP contribution is -2.49. The summed E-state index contributed by atoms with van der Waals surface area (Å²) in [7, 11) is 0. The third-order valence-corrected chi connectivity index (χ3v) is 5.51. The van der Waals surface area contributed by atoms with Crippen LogP contribution in [0, 0.1) is 11.8 Å². The van der Waals surface area contributed by atoms with E-state index in [2.05, 4.69) is 5.32 Å². The van der Waals surface area contributed by atoms with Gasteiger partial charge in [-0.1, -0.05) is 18.2 Å². The fourth-order valence-electron chi connectivity index (χ4n) is 3.94. The molecule has 3 rings (SSSR count). The summed E-state index contributed by atoms with van der Waals surface area (Å²) in [4.78, 5) is 40.9. The normalized spacial score (nSPS) is 20.5. The summed E-state index contributed by atoms with van der Waals surface area (Å²) in [6.07, 6.45) is 2.91. The van der Waals surface area contributed by atoms with Crippen LogP contribution in [0.1, 0.15) is 32.6 Å². The Morgan fingerprint density at radius 1 is 1.00 bits per heavy atom. The van der Waals surface area contributed by atoms with Gasteiger partial charge in [-0.05, 0) is 44.7 Å². The highest BCUT2D eigenvalue weighted by molar-refractivity contribution is 5.89. The molecule has 2 fully saturated rings. The van der Waals surface area contributed by atoms with E-state index in [9.17, 15) is 14.4 Å². The van der Waals surface area contributed by atoms with Gasteiger partial charge in [0.1, 0.15) is 0 Å². The molecule has 0 bridgehead atoms. The number of piperidine rings is 2. The van der Waals surface area contributed by atoms with Crippen molar-refractivity contribution < 1.29 is 19.1 Å². The van der Waals surface area contributed by atoms with E-state index >= 15 is 0 Å². The molecule has 0 unspecified atom stereocenters. The monoisotopic (exact) mass is 387 g/mol. The number of hydrogen-bond donors (Lipinski definition) is 1. The Balaban J connectivity index is 1.48. The highest BCUT2D eigenvalue weighted by Gasteiger charge is 2.34. The molecule has 1 N–H and O–H groups in total. The van der Waals surface area contributed by atoms with E-state index in [1.54, 1.807) is 11.8 Å². The van der Waals surface area contributed by atoms with Gasteiger partial charge in [0.15, 0.2) is 0 Å². The first-order chi connectivity index (χ1) is 13.6. The molecule has 1 aromatic carbocycles. The molecule has 1 atom stereocenters. The van der Waals surface area contributed by atoms with Crippen LogP contribution >= 0.6 is 0 Å². The summed E-state index contributed by atoms with van der Waals surface area (Å²) >= 11 is 0. The van der Waals surface area contributed by atoms with Crippen LogP contribution in [-0.2, 0) is 14.3 Å². The van der Waals surface area contributed by atoms with Crippen molar-refractivity contribution >= 4 is 23.6 Å². The Labute approximate surface area is 166 Å². The van der Waals surface area contributed by atoms with E-state index in [1.807, 2.05) is 35.2 Å². The SMILES string of the molecule is CCOC(=O)[C@@H]1CCCN(C(=O)C2CCN(C(=O)Nc3ccccc3)CC2)C1. The van der Waals surface area contributed by atoms with E-state index < -0.39 is 0 Å². The van der Waals surface area contributed by atoms with Crippen LogP contribution in [0.15, 0.2) is 30.3 Å². The van der Waals surface area contributed by atoms with Gasteiger partial charge in [-0.2, -0.15) is 0 Å². The van der Waals surface area contributed by atoms with Crippen molar-refractivity contribution in [3.63, 3.8) is 0 Å². The van der Waals surface area contributed by atoms with Gasteiger partial charge in [0.2, 0.25) is 5.91 Å². The second-order valence-corrected chi connectivity index (χ2v) is 7.43. The molecule has 7 nitrogen and oxygen atoms in total. The molecule has 0 aliphatic carbocycles. The number of carbonyl (C=O) groups is 3. The number of nitrogens with zero attached hydrogens (tertiary/aromatic N) is 2. The maximum atomic E-state index is 12.9. The van der Waals surface area contributed by atoms with Crippen LogP contribution in [0.25, 0.3) is 0 Å². The summed E-state index contributed by atoms with van der Waals surface area (Å²) in [6, 6.07) is 9.23. The molecule has 3 amide bonds. The lowest BCUT2D eigenvalue weighted by molar-refractivity contribution is -0.152. The fraction of sp³-hybridized carbons (Fsp3) is 0.571. The van der Waals surface area contributed by atoms with Crippen molar-refractivity contribution in [2.45, 2.75) is 32.6 Å². The Morgan fingerprint density at radius 2 is 1.71 bits per heavy atom. The van der Waals surface area contributed by atoms with E-state index in [1.165, 1.54) is 0 Å². The fourth-order valence-corrected chi connectivity index (χ4v) is 3.94. The number of nitrogens with one attached hydrogen (secondary N) is 1. The van der Waals surface area contributed by atoms with Gasteiger partial charge in [-0.25, -0.2) is 4.79 Å². The molecule has 2 saturated heterocycles. The number of urea groups is 1. The maximum absolute atomic E-state index is 12.9. The molecule has 0 saturated carbocycles. The Bertz CT molecular complexity index is 686. The molecule has 28 heavy (non-hydrogen) atoms. The van der Waals surface area contributed by atoms with Gasteiger partial charge in [-0.15, -0.1) is 0 Å². The summed E-state index contributed by atoms with van der Waals surface area (Å²) in [5, 5.41) is 2.89. The Morgan fingerprint density at radius 3 is 2.39 bits per heavy atom. The molecular formula is C21H29N3O4. The molecule has 0 spiro atoms. The summed E-state index contributed by atoms with van der Waals surface area (Å²) in [6.45, 7) is 4.43. The molecule has 2 aliphatic heterocycles. The van der Waals surface area contributed by atoms with Gasteiger partial charge in [0.25, 0.3) is 0 Å². The van der Waals surface area contributed by atoms with E-state index in [-0.39, 0.29) is 29.7 Å². The summed E-state index contributed by atoms with van der Waals surface area (Å²) < 4.78 is 5.12. The predicted octanol–water partition coefficient (Wildman–Crippen LogP) is 2.73. The first kappa shape index (κ1) is 20.2. The number of benzene rings is 1. The number of amides is 3. The molecule has 0 aromatic heterocycles. The quantitative estimate of drug-likeness (QED) is 0.806. The van der Waals surface area contributed by atoms with Gasteiger partial charge < -0.3 is 19.9 Å². The second kappa shape index (κ2) is 9.57. The first-order valence-corrected chi connectivity index (χ1v) is 10.1. The zero-order valence-corrected chi connectivity index (χ0v) is 16.4. The maximum Gasteiger partial charge on any atom is 0.321 e. The van der Waals surface area contributed by atoms with Gasteiger partial charge in [-0.3, -0.25) is 9.59 Å². The number of likely N-dealkylation sites (tertiary alicyclic amines) is 2. The lowest BCUT2D eigenvalue weighted by Gasteiger charge is -2.37. The molecule has 0 radical (unpaired) electrons. The van der Waals surface area contributed by atoms with E-state index in [4.69, 9.17) is 4.74 Å². The van der Waals surface area contributed by atoms with Crippen molar-refractivity contribution in [1.29, 1.82) is 0 Å². The topological polar surface area (TPSA) is 79.0 Å². The average molecular weight is 387 g/mol. The number of ether oxygens (including phenoxy) is 1. The highest BCUT2D eigenvalue weighted by atomic mass is 16.5. The Kier molecular flexibility index (Phi) is 6.90. The molecule has 7 heteroatoms. The third kappa shape index (κ3) is 5.03. The van der Waals surface area contributed by atoms with Crippen LogP contribution < -0.4 is 5.32 Å². The number of hydrogen-bond acceptors (Lipinski definition) is 4. The molecule has 152 valence electrons. The first-order valence-electron chi connectivity index (χ1n) is 10.1. The predicted molar refractivity (Wildman–Crippen MR) is 106 cm³/mol. The van der Waals surface area contributed by atoms with Crippen LogP contribution in [0.2, 0.25) is 0 Å². The van der Waals surface area contributed by atoms with Crippen molar-refractivity contribution in [2.24, 2.45) is 11.8 Å². The number of carbonyl (C=O) groups excluding carboxylic acids is 3. The van der Waals surface area contributed by atoms with Gasteiger partial charge in [0.05, 0.1) is 12.5 Å². The number of anilines is 1. The number of rotatable bonds is 4. The molecule has 2 aliphatic rings. The zero-order chi connectivity index (χ0) is 19.9. The highest BCUT2D eigenvalue weighted by Crippen LogP contribution is 2.25. The summed E-state index contributed by atoms with van der Waals surface area (Å²) in [5.74, 6) is -0.388. The lowest BCUT2D eigenvalue weighted by atomic mass is 9.92. The number of para-hydroxylation sites is 1. The largest absolute Gasteiger partial charge is 0.466 e. The minimum absolute atomic E-state index is 0.0817. The van der Waals surface area contributed by atoms with E-state index in [0.717, 1.165) is 18.5 Å². The Hall–Kier alpha value is -2.57. The second-order valence-electron chi connectivity index (χ2n) is 7.43. The standard InChI is InChI=1S/C21H29N3O4/c1-2-28-20(26)17-7-6-12-24(15-17)19(25)16-10-13-23(14-11-16)21(27)22-18-8-4-3-5-9-18/h3-5,8-9,16-17H,2,6-7,10-15H2,1H3,(H,22,27)/t17-/m1/s1. The van der Waals surface area contributed by atoms with E-state index in [0.29, 0.717) is 45.6 Å². The van der Waals surface area contributed by atoms with Gasteiger partial charge >= 0.3 is 12.0 Å². The van der Waals surface area contributed by atoms with Crippen LogP contribution in [0.5, 0.6) is 0 Å². The third-order valence-electron chi connectivity index (χ3n) is 5.51. The van der Waals surface area contributed by atoms with Gasteiger partial charge in [0, 0.05) is 37.8 Å².